The molecule has 3 heteroatoms. The van der Waals surface area contributed by atoms with Gasteiger partial charge in [-0.3, -0.25) is 4.90 Å². The van der Waals surface area contributed by atoms with Crippen LogP contribution in [-0.2, 0) is 4.74 Å². The minimum absolute atomic E-state index is 0.466. The monoisotopic (exact) mass is 248 g/mol. The van der Waals surface area contributed by atoms with Gasteiger partial charge in [-0.15, -0.1) is 0 Å². The van der Waals surface area contributed by atoms with Gasteiger partial charge in [-0.05, 0) is 18.5 Å². The molecular formula is C15H24N2O. The van der Waals surface area contributed by atoms with Crippen LogP contribution in [0.4, 0.5) is 0 Å². The fourth-order valence-electron chi connectivity index (χ4n) is 2.49. The molecule has 0 spiro atoms. The first-order chi connectivity index (χ1) is 8.92. The number of nitrogens with zero attached hydrogens (tertiary/aromatic N) is 1. The highest BCUT2D eigenvalue weighted by Gasteiger charge is 2.20. The van der Waals surface area contributed by atoms with Gasteiger partial charge in [-0.1, -0.05) is 37.3 Å². The molecule has 1 atom stereocenters. The maximum Gasteiger partial charge on any atom is 0.0593 e. The Kier molecular flexibility index (Phi) is 5.65. The average Bonchev–Trinajstić information content (AvgIpc) is 2.70. The molecule has 1 N–H and O–H groups in total. The smallest absolute Gasteiger partial charge is 0.0593 e. The minimum Gasteiger partial charge on any atom is -0.380 e. The summed E-state index contributed by atoms with van der Waals surface area (Å²) in [6.07, 6.45) is 1.13. The number of ether oxygens (including phenoxy) is 1. The van der Waals surface area contributed by atoms with Gasteiger partial charge in [0.2, 0.25) is 0 Å². The van der Waals surface area contributed by atoms with Crippen LogP contribution in [0.3, 0.4) is 0 Å². The highest BCUT2D eigenvalue weighted by molar-refractivity contribution is 5.19. The Bertz CT molecular complexity index is 321. The fraction of sp³-hybridized carbons (Fsp3) is 0.600. The van der Waals surface area contributed by atoms with Crippen molar-refractivity contribution >= 4 is 0 Å². The summed E-state index contributed by atoms with van der Waals surface area (Å²) >= 11 is 0. The zero-order chi connectivity index (χ0) is 12.6. The van der Waals surface area contributed by atoms with Crippen molar-refractivity contribution in [1.29, 1.82) is 0 Å². The highest BCUT2D eigenvalue weighted by Crippen LogP contribution is 2.21. The molecule has 1 unspecified atom stereocenters. The van der Waals surface area contributed by atoms with Crippen molar-refractivity contribution < 1.29 is 4.74 Å². The molecule has 1 saturated heterocycles. The Balaban J connectivity index is 2.08. The zero-order valence-electron chi connectivity index (χ0n) is 11.3. The van der Waals surface area contributed by atoms with Crippen LogP contribution in [0.2, 0.25) is 0 Å². The van der Waals surface area contributed by atoms with Gasteiger partial charge in [0.25, 0.3) is 0 Å². The average molecular weight is 248 g/mol. The molecule has 0 saturated carbocycles. The van der Waals surface area contributed by atoms with E-state index < -0.39 is 0 Å². The summed E-state index contributed by atoms with van der Waals surface area (Å²) in [7, 11) is 0. The molecule has 1 fully saturated rings. The number of benzene rings is 1. The summed E-state index contributed by atoms with van der Waals surface area (Å²) in [4.78, 5) is 2.55. The van der Waals surface area contributed by atoms with Crippen molar-refractivity contribution in [2.45, 2.75) is 19.4 Å². The van der Waals surface area contributed by atoms with Crippen LogP contribution in [-0.4, -0.2) is 44.3 Å². The molecule has 1 aliphatic heterocycles. The van der Waals surface area contributed by atoms with Gasteiger partial charge >= 0.3 is 0 Å². The maximum absolute atomic E-state index is 5.55. The Morgan fingerprint density at radius 1 is 1.22 bits per heavy atom. The third-order valence-electron chi connectivity index (χ3n) is 3.47. The van der Waals surface area contributed by atoms with Gasteiger partial charge in [0.05, 0.1) is 6.61 Å². The SMILES string of the molecule is CCNCC(c1ccccc1)N1CCCOCC1. The number of hydrogen-bond donors (Lipinski definition) is 1. The van der Waals surface area contributed by atoms with E-state index in [-0.39, 0.29) is 0 Å². The number of likely N-dealkylation sites (N-methyl/N-ethyl adjacent to an activating group) is 1. The normalized spacial score (nSPS) is 19.4. The maximum atomic E-state index is 5.55. The van der Waals surface area contributed by atoms with E-state index in [4.69, 9.17) is 4.74 Å². The lowest BCUT2D eigenvalue weighted by Gasteiger charge is -2.30. The van der Waals surface area contributed by atoms with Crippen molar-refractivity contribution in [3.05, 3.63) is 35.9 Å². The van der Waals surface area contributed by atoms with E-state index in [1.54, 1.807) is 0 Å². The minimum atomic E-state index is 0.466. The number of hydrogen-bond acceptors (Lipinski definition) is 3. The molecule has 1 aliphatic rings. The van der Waals surface area contributed by atoms with Crippen molar-refractivity contribution in [2.75, 3.05) is 39.4 Å². The summed E-state index contributed by atoms with van der Waals surface area (Å²) in [5.74, 6) is 0. The predicted octanol–water partition coefficient (Wildman–Crippen LogP) is 2.06. The van der Waals surface area contributed by atoms with Crippen LogP contribution < -0.4 is 5.32 Å². The van der Waals surface area contributed by atoms with Crippen LogP contribution in [0.5, 0.6) is 0 Å². The molecule has 18 heavy (non-hydrogen) atoms. The second-order valence-corrected chi connectivity index (χ2v) is 4.74. The molecular weight excluding hydrogens is 224 g/mol. The van der Waals surface area contributed by atoms with Crippen LogP contribution in [0.15, 0.2) is 30.3 Å². The third-order valence-corrected chi connectivity index (χ3v) is 3.47. The van der Waals surface area contributed by atoms with E-state index in [1.165, 1.54) is 5.56 Å². The van der Waals surface area contributed by atoms with Gasteiger partial charge in [-0.25, -0.2) is 0 Å². The number of nitrogens with one attached hydrogen (secondary N) is 1. The standard InChI is InChI=1S/C15H24N2O/c1-2-16-13-15(14-7-4-3-5-8-14)17-9-6-11-18-12-10-17/h3-5,7-8,15-16H,2,6,9-13H2,1H3. The van der Waals surface area contributed by atoms with Crippen molar-refractivity contribution in [3.8, 4) is 0 Å². The van der Waals surface area contributed by atoms with Gasteiger partial charge in [0.15, 0.2) is 0 Å². The second kappa shape index (κ2) is 7.52. The van der Waals surface area contributed by atoms with E-state index >= 15 is 0 Å². The Morgan fingerprint density at radius 2 is 2.06 bits per heavy atom. The van der Waals surface area contributed by atoms with Crippen LogP contribution in [0.1, 0.15) is 24.9 Å². The van der Waals surface area contributed by atoms with Crippen LogP contribution in [0, 0.1) is 0 Å². The predicted molar refractivity (Wildman–Crippen MR) is 74.7 cm³/mol. The topological polar surface area (TPSA) is 24.5 Å². The van der Waals surface area contributed by atoms with Gasteiger partial charge < -0.3 is 10.1 Å². The molecule has 0 bridgehead atoms. The van der Waals surface area contributed by atoms with E-state index in [2.05, 4.69) is 47.5 Å². The van der Waals surface area contributed by atoms with Gasteiger partial charge in [-0.2, -0.15) is 0 Å². The highest BCUT2D eigenvalue weighted by atomic mass is 16.5. The Labute approximate surface area is 110 Å². The summed E-state index contributed by atoms with van der Waals surface area (Å²) in [5.41, 5.74) is 1.40. The first-order valence-electron chi connectivity index (χ1n) is 6.99. The van der Waals surface area contributed by atoms with E-state index in [0.717, 1.165) is 45.8 Å². The molecule has 100 valence electrons. The van der Waals surface area contributed by atoms with E-state index in [1.807, 2.05) is 0 Å². The summed E-state index contributed by atoms with van der Waals surface area (Å²) in [6, 6.07) is 11.3. The Hall–Kier alpha value is -0.900. The fourth-order valence-corrected chi connectivity index (χ4v) is 2.49. The van der Waals surface area contributed by atoms with Gasteiger partial charge in [0.1, 0.15) is 0 Å². The van der Waals surface area contributed by atoms with Gasteiger partial charge in [0, 0.05) is 32.3 Å². The lowest BCUT2D eigenvalue weighted by molar-refractivity contribution is 0.131. The van der Waals surface area contributed by atoms with Crippen molar-refractivity contribution in [3.63, 3.8) is 0 Å². The van der Waals surface area contributed by atoms with E-state index in [0.29, 0.717) is 6.04 Å². The Morgan fingerprint density at radius 3 is 2.83 bits per heavy atom. The van der Waals surface area contributed by atoms with Crippen LogP contribution in [0.25, 0.3) is 0 Å². The molecule has 1 aromatic carbocycles. The molecule has 1 heterocycles. The van der Waals surface area contributed by atoms with Crippen molar-refractivity contribution in [1.82, 2.24) is 10.2 Å². The lowest BCUT2D eigenvalue weighted by Crippen LogP contribution is -2.37. The quantitative estimate of drug-likeness (QED) is 0.863. The zero-order valence-corrected chi connectivity index (χ0v) is 11.3. The summed E-state index contributed by atoms with van der Waals surface area (Å²) < 4.78 is 5.55. The largest absolute Gasteiger partial charge is 0.380 e. The van der Waals surface area contributed by atoms with E-state index in [9.17, 15) is 0 Å². The molecule has 0 radical (unpaired) electrons. The molecule has 1 aromatic rings. The first-order valence-corrected chi connectivity index (χ1v) is 6.99. The van der Waals surface area contributed by atoms with Crippen LogP contribution >= 0.6 is 0 Å². The summed E-state index contributed by atoms with van der Waals surface area (Å²) in [5, 5.41) is 3.48. The first kappa shape index (κ1) is 13.5. The molecule has 2 rings (SSSR count). The molecule has 3 nitrogen and oxygen atoms in total. The molecule has 0 aromatic heterocycles. The summed E-state index contributed by atoms with van der Waals surface area (Å²) in [6.45, 7) is 8.12. The lowest BCUT2D eigenvalue weighted by atomic mass is 10.0. The number of rotatable bonds is 5. The second-order valence-electron chi connectivity index (χ2n) is 4.74. The van der Waals surface area contributed by atoms with Crippen molar-refractivity contribution in [2.24, 2.45) is 0 Å². The molecule has 0 amide bonds. The third kappa shape index (κ3) is 3.80. The molecule has 0 aliphatic carbocycles.